The van der Waals surface area contributed by atoms with Crippen LogP contribution in [0.15, 0.2) is 0 Å². The quantitative estimate of drug-likeness (QED) is 0.691. The van der Waals surface area contributed by atoms with Crippen LogP contribution in [0.25, 0.3) is 0 Å². The summed E-state index contributed by atoms with van der Waals surface area (Å²) in [5.74, 6) is 3.32. The standard InChI is InChI=1S/C14H25NO2/c1-4-12(3)15-9-13(16)10-17-14-7-5-6-11(2)8-14/h1,11-16H,5-10H2,2-3H3. The third kappa shape index (κ3) is 6.07. The summed E-state index contributed by atoms with van der Waals surface area (Å²) >= 11 is 0. The van der Waals surface area contributed by atoms with Crippen molar-refractivity contribution in [2.75, 3.05) is 13.2 Å². The van der Waals surface area contributed by atoms with Crippen LogP contribution in [0.1, 0.15) is 39.5 Å². The van der Waals surface area contributed by atoms with Gasteiger partial charge in [0.05, 0.1) is 24.9 Å². The van der Waals surface area contributed by atoms with E-state index in [1.165, 1.54) is 12.8 Å². The van der Waals surface area contributed by atoms with Gasteiger partial charge in [-0.1, -0.05) is 25.7 Å². The van der Waals surface area contributed by atoms with Crippen molar-refractivity contribution in [1.82, 2.24) is 5.32 Å². The van der Waals surface area contributed by atoms with E-state index in [4.69, 9.17) is 11.2 Å². The largest absolute Gasteiger partial charge is 0.389 e. The molecule has 2 N–H and O–H groups in total. The second kappa shape index (κ2) is 7.71. The zero-order valence-electron chi connectivity index (χ0n) is 11.0. The molecule has 0 aromatic heterocycles. The molecule has 3 heteroatoms. The molecule has 3 nitrogen and oxygen atoms in total. The summed E-state index contributed by atoms with van der Waals surface area (Å²) in [4.78, 5) is 0. The Balaban J connectivity index is 2.10. The molecule has 1 saturated carbocycles. The van der Waals surface area contributed by atoms with Gasteiger partial charge in [0.1, 0.15) is 0 Å². The molecule has 0 heterocycles. The molecule has 1 aliphatic carbocycles. The van der Waals surface area contributed by atoms with Crippen molar-refractivity contribution in [1.29, 1.82) is 0 Å². The molecule has 4 unspecified atom stereocenters. The van der Waals surface area contributed by atoms with Gasteiger partial charge in [0.25, 0.3) is 0 Å². The normalized spacial score (nSPS) is 28.4. The van der Waals surface area contributed by atoms with Crippen molar-refractivity contribution in [2.45, 2.75) is 57.8 Å². The van der Waals surface area contributed by atoms with Gasteiger partial charge in [-0.05, 0) is 25.7 Å². The number of rotatable bonds is 6. The minimum absolute atomic E-state index is 0.000599. The Bertz CT molecular complexity index is 249. The molecular formula is C14H25NO2. The highest BCUT2D eigenvalue weighted by atomic mass is 16.5. The van der Waals surface area contributed by atoms with Crippen LogP contribution in [0.5, 0.6) is 0 Å². The second-order valence-corrected chi connectivity index (χ2v) is 5.18. The molecule has 0 bridgehead atoms. The summed E-state index contributed by atoms with van der Waals surface area (Å²) in [6.07, 6.45) is 9.91. The zero-order chi connectivity index (χ0) is 12.7. The second-order valence-electron chi connectivity index (χ2n) is 5.18. The number of aliphatic hydroxyl groups is 1. The maximum atomic E-state index is 9.73. The summed E-state index contributed by atoms with van der Waals surface area (Å²) in [5.41, 5.74) is 0. The van der Waals surface area contributed by atoms with E-state index in [1.807, 2.05) is 6.92 Å². The zero-order valence-corrected chi connectivity index (χ0v) is 11.0. The van der Waals surface area contributed by atoms with Crippen LogP contribution in [0.4, 0.5) is 0 Å². The first kappa shape index (κ1) is 14.5. The van der Waals surface area contributed by atoms with Crippen LogP contribution >= 0.6 is 0 Å². The number of terminal acetylenes is 1. The summed E-state index contributed by atoms with van der Waals surface area (Å²) in [6.45, 7) is 5.06. The molecule has 4 atom stereocenters. The van der Waals surface area contributed by atoms with Gasteiger partial charge in [-0.15, -0.1) is 6.42 Å². The number of nitrogens with one attached hydrogen (secondary N) is 1. The summed E-state index contributed by atoms with van der Waals surface area (Å²) < 4.78 is 5.74. The lowest BCUT2D eigenvalue weighted by atomic mass is 9.89. The maximum Gasteiger partial charge on any atom is 0.0898 e. The van der Waals surface area contributed by atoms with Crippen LogP contribution in [0, 0.1) is 18.3 Å². The molecule has 1 rings (SSSR count). The van der Waals surface area contributed by atoms with Gasteiger partial charge in [-0.25, -0.2) is 0 Å². The fourth-order valence-electron chi connectivity index (χ4n) is 2.21. The highest BCUT2D eigenvalue weighted by molar-refractivity contribution is 4.95. The van der Waals surface area contributed by atoms with Gasteiger partial charge in [-0.3, -0.25) is 0 Å². The molecule has 0 spiro atoms. The van der Waals surface area contributed by atoms with Gasteiger partial charge in [0.15, 0.2) is 0 Å². The van der Waals surface area contributed by atoms with Crippen LogP contribution in [0.3, 0.4) is 0 Å². The van der Waals surface area contributed by atoms with Crippen LogP contribution in [-0.2, 0) is 4.74 Å². The van der Waals surface area contributed by atoms with Gasteiger partial charge in [0, 0.05) is 6.54 Å². The van der Waals surface area contributed by atoms with Crippen LogP contribution in [-0.4, -0.2) is 36.5 Å². The highest BCUT2D eigenvalue weighted by Crippen LogP contribution is 2.25. The first-order valence-corrected chi connectivity index (χ1v) is 6.61. The van der Waals surface area contributed by atoms with Gasteiger partial charge in [0.2, 0.25) is 0 Å². The molecule has 0 amide bonds. The summed E-state index contributed by atoms with van der Waals surface area (Å²) in [7, 11) is 0. The third-order valence-corrected chi connectivity index (χ3v) is 3.32. The van der Waals surface area contributed by atoms with Gasteiger partial charge >= 0.3 is 0 Å². The average Bonchev–Trinajstić information content (AvgIpc) is 2.33. The Hall–Kier alpha value is -0.560. The minimum Gasteiger partial charge on any atom is -0.389 e. The Morgan fingerprint density at radius 2 is 2.29 bits per heavy atom. The first-order valence-electron chi connectivity index (χ1n) is 6.61. The van der Waals surface area contributed by atoms with Crippen LogP contribution < -0.4 is 5.32 Å². The fourth-order valence-corrected chi connectivity index (χ4v) is 2.21. The molecule has 0 aromatic rings. The van der Waals surface area contributed by atoms with Crippen LogP contribution in [0.2, 0.25) is 0 Å². The molecule has 98 valence electrons. The van der Waals surface area contributed by atoms with Gasteiger partial charge in [-0.2, -0.15) is 0 Å². The highest BCUT2D eigenvalue weighted by Gasteiger charge is 2.20. The molecular weight excluding hydrogens is 214 g/mol. The van der Waals surface area contributed by atoms with E-state index in [9.17, 15) is 5.11 Å². The monoisotopic (exact) mass is 239 g/mol. The van der Waals surface area contributed by atoms with Crippen molar-refractivity contribution < 1.29 is 9.84 Å². The molecule has 0 aliphatic heterocycles. The lowest BCUT2D eigenvalue weighted by molar-refractivity contribution is -0.0307. The molecule has 1 fully saturated rings. The van der Waals surface area contributed by atoms with E-state index in [0.29, 0.717) is 19.3 Å². The third-order valence-electron chi connectivity index (χ3n) is 3.32. The topological polar surface area (TPSA) is 41.5 Å². The van der Waals surface area contributed by atoms with E-state index in [0.717, 1.165) is 18.8 Å². The molecule has 1 aliphatic rings. The maximum absolute atomic E-state index is 9.73. The first-order chi connectivity index (χ1) is 8.11. The SMILES string of the molecule is C#CC(C)NCC(O)COC1CCCC(C)C1. The Kier molecular flexibility index (Phi) is 6.57. The van der Waals surface area contributed by atoms with Crippen molar-refractivity contribution in [2.24, 2.45) is 5.92 Å². The van der Waals surface area contributed by atoms with Crippen molar-refractivity contribution in [3.05, 3.63) is 0 Å². The average molecular weight is 239 g/mol. The molecule has 17 heavy (non-hydrogen) atoms. The van der Waals surface area contributed by atoms with Crippen molar-refractivity contribution in [3.8, 4) is 12.3 Å². The van der Waals surface area contributed by atoms with Gasteiger partial charge < -0.3 is 15.2 Å². The Labute approximate surface area is 105 Å². The predicted octanol–water partition coefficient (Wildman–Crippen LogP) is 1.55. The molecule has 0 saturated heterocycles. The van der Waals surface area contributed by atoms with E-state index in [-0.39, 0.29) is 6.04 Å². The van der Waals surface area contributed by atoms with E-state index < -0.39 is 6.10 Å². The van der Waals surface area contributed by atoms with E-state index >= 15 is 0 Å². The fraction of sp³-hybridized carbons (Fsp3) is 0.857. The summed E-state index contributed by atoms with van der Waals surface area (Å²) in [6, 6.07) is -0.000599. The smallest absolute Gasteiger partial charge is 0.0898 e. The van der Waals surface area contributed by atoms with E-state index in [2.05, 4.69) is 18.2 Å². The van der Waals surface area contributed by atoms with Crippen molar-refractivity contribution in [3.63, 3.8) is 0 Å². The summed E-state index contributed by atoms with van der Waals surface area (Å²) in [5, 5.41) is 12.8. The van der Waals surface area contributed by atoms with Crippen molar-refractivity contribution >= 4 is 0 Å². The predicted molar refractivity (Wildman–Crippen MR) is 69.7 cm³/mol. The Morgan fingerprint density at radius 1 is 1.53 bits per heavy atom. The van der Waals surface area contributed by atoms with E-state index in [1.54, 1.807) is 0 Å². The number of hydrogen-bond acceptors (Lipinski definition) is 3. The lowest BCUT2D eigenvalue weighted by Crippen LogP contribution is -2.36. The number of ether oxygens (including phenoxy) is 1. The molecule has 0 radical (unpaired) electrons. The Morgan fingerprint density at radius 3 is 2.94 bits per heavy atom. The minimum atomic E-state index is -0.469. The molecule has 0 aromatic carbocycles. The lowest BCUT2D eigenvalue weighted by Gasteiger charge is -2.27. The number of hydrogen-bond donors (Lipinski definition) is 2. The number of aliphatic hydroxyl groups excluding tert-OH is 1.